The van der Waals surface area contributed by atoms with Gasteiger partial charge in [0.1, 0.15) is 11.3 Å². The molecule has 0 N–H and O–H groups in total. The minimum atomic E-state index is -0.246. The van der Waals surface area contributed by atoms with Crippen LogP contribution in [0.3, 0.4) is 0 Å². The Labute approximate surface area is 156 Å². The van der Waals surface area contributed by atoms with Gasteiger partial charge in [-0.3, -0.25) is 14.5 Å². The number of imide groups is 1. The summed E-state index contributed by atoms with van der Waals surface area (Å²) in [6.07, 6.45) is 0.525. The van der Waals surface area contributed by atoms with Crippen LogP contribution in [0.5, 0.6) is 11.6 Å². The topological polar surface area (TPSA) is 68.7 Å². The van der Waals surface area contributed by atoms with Crippen molar-refractivity contribution < 1.29 is 19.1 Å². The lowest BCUT2D eigenvalue weighted by molar-refractivity contribution is 0.0646. The van der Waals surface area contributed by atoms with Gasteiger partial charge in [0.25, 0.3) is 11.8 Å². The molecule has 2 heterocycles. The lowest BCUT2D eigenvalue weighted by Crippen LogP contribution is -2.31. The number of para-hydroxylation sites is 1. The van der Waals surface area contributed by atoms with Gasteiger partial charge >= 0.3 is 0 Å². The average molecular weight is 362 g/mol. The molecule has 1 aromatic heterocycles. The Morgan fingerprint density at radius 1 is 0.926 bits per heavy atom. The molecule has 0 bridgehead atoms. The van der Waals surface area contributed by atoms with E-state index in [1.807, 2.05) is 24.3 Å². The largest absolute Gasteiger partial charge is 0.494 e. The molecule has 0 atom stereocenters. The minimum absolute atomic E-state index is 0.246. The van der Waals surface area contributed by atoms with Crippen LogP contribution in [0, 0.1) is 0 Å². The first-order valence-corrected chi connectivity index (χ1v) is 8.71. The smallest absolute Gasteiger partial charge is 0.261 e. The number of amides is 2. The lowest BCUT2D eigenvalue weighted by atomic mass is 10.1. The molecule has 136 valence electrons. The van der Waals surface area contributed by atoms with Crippen LogP contribution in [0.15, 0.2) is 54.6 Å². The van der Waals surface area contributed by atoms with Crippen LogP contribution in [-0.2, 0) is 0 Å². The number of carbonyl (C=O) groups is 2. The number of rotatable bonds is 6. The molecule has 0 aliphatic carbocycles. The standard InChI is InChI=1S/C21H18N2O4/c1-26-17-9-4-6-14-10-11-18(22-19(14)17)27-13-5-12-23-20(24)15-7-2-3-8-16(15)21(23)25/h2-4,6-11H,5,12-13H2,1H3. The first-order chi connectivity index (χ1) is 13.2. The van der Waals surface area contributed by atoms with Crippen LogP contribution in [0.4, 0.5) is 0 Å². The van der Waals surface area contributed by atoms with Gasteiger partial charge in [0.2, 0.25) is 5.88 Å². The fraction of sp³-hybridized carbons (Fsp3) is 0.190. The number of methoxy groups -OCH3 is 1. The number of fused-ring (bicyclic) bond motifs is 2. The number of aromatic nitrogens is 1. The van der Waals surface area contributed by atoms with Crippen LogP contribution in [0.25, 0.3) is 10.9 Å². The molecular formula is C21H18N2O4. The summed E-state index contributed by atoms with van der Waals surface area (Å²) in [5, 5.41) is 0.965. The maximum atomic E-state index is 12.3. The molecule has 0 unspecified atom stereocenters. The Balaban J connectivity index is 1.38. The Kier molecular flexibility index (Phi) is 4.46. The van der Waals surface area contributed by atoms with E-state index in [1.54, 1.807) is 37.4 Å². The van der Waals surface area contributed by atoms with Crippen molar-refractivity contribution >= 4 is 22.7 Å². The molecule has 2 amide bonds. The lowest BCUT2D eigenvalue weighted by Gasteiger charge is -2.14. The molecule has 0 saturated heterocycles. The van der Waals surface area contributed by atoms with Crippen LogP contribution in [-0.4, -0.2) is 42.0 Å². The third-order valence-electron chi connectivity index (χ3n) is 4.53. The second-order valence-corrected chi connectivity index (χ2v) is 6.19. The molecule has 4 rings (SSSR count). The van der Waals surface area contributed by atoms with Gasteiger partial charge in [-0.25, -0.2) is 4.98 Å². The Hall–Kier alpha value is -3.41. The number of hydrogen-bond donors (Lipinski definition) is 0. The summed E-state index contributed by atoms with van der Waals surface area (Å²) in [7, 11) is 1.60. The molecule has 1 aliphatic heterocycles. The number of carbonyl (C=O) groups excluding carboxylic acids is 2. The molecule has 0 saturated carbocycles. The predicted molar refractivity (Wildman–Crippen MR) is 100 cm³/mol. The van der Waals surface area contributed by atoms with E-state index in [-0.39, 0.29) is 11.8 Å². The van der Waals surface area contributed by atoms with Gasteiger partial charge in [0.05, 0.1) is 24.8 Å². The van der Waals surface area contributed by atoms with Crippen molar-refractivity contribution in [2.45, 2.75) is 6.42 Å². The highest BCUT2D eigenvalue weighted by molar-refractivity contribution is 6.21. The van der Waals surface area contributed by atoms with Gasteiger partial charge in [-0.15, -0.1) is 0 Å². The summed E-state index contributed by atoms with van der Waals surface area (Å²) in [6, 6.07) is 16.3. The van der Waals surface area contributed by atoms with E-state index >= 15 is 0 Å². The van der Waals surface area contributed by atoms with Crippen LogP contribution < -0.4 is 9.47 Å². The highest BCUT2D eigenvalue weighted by atomic mass is 16.5. The second-order valence-electron chi connectivity index (χ2n) is 6.19. The molecule has 0 spiro atoms. The molecule has 1 aliphatic rings. The van der Waals surface area contributed by atoms with Gasteiger partial charge in [-0.2, -0.15) is 0 Å². The Bertz CT molecular complexity index is 997. The molecular weight excluding hydrogens is 344 g/mol. The average Bonchev–Trinajstić information content (AvgIpc) is 2.95. The maximum absolute atomic E-state index is 12.3. The summed E-state index contributed by atoms with van der Waals surface area (Å²) < 4.78 is 11.0. The summed E-state index contributed by atoms with van der Waals surface area (Å²) in [4.78, 5) is 30.4. The SMILES string of the molecule is COc1cccc2ccc(OCCCN3C(=O)c4ccccc4C3=O)nc12. The third kappa shape index (κ3) is 3.10. The first kappa shape index (κ1) is 17.0. The zero-order chi connectivity index (χ0) is 18.8. The van der Waals surface area contributed by atoms with Crippen molar-refractivity contribution in [3.63, 3.8) is 0 Å². The van der Waals surface area contributed by atoms with Crippen LogP contribution in [0.1, 0.15) is 27.1 Å². The van der Waals surface area contributed by atoms with E-state index < -0.39 is 0 Å². The molecule has 6 heteroatoms. The Morgan fingerprint density at radius 2 is 1.67 bits per heavy atom. The van der Waals surface area contributed by atoms with Gasteiger partial charge in [-0.05, 0) is 30.7 Å². The van der Waals surface area contributed by atoms with Gasteiger partial charge in [0, 0.05) is 18.0 Å². The van der Waals surface area contributed by atoms with E-state index in [9.17, 15) is 9.59 Å². The maximum Gasteiger partial charge on any atom is 0.261 e. The van der Waals surface area contributed by atoms with Crippen molar-refractivity contribution in [2.24, 2.45) is 0 Å². The summed E-state index contributed by atoms with van der Waals surface area (Å²) in [5.74, 6) is 0.673. The molecule has 0 fully saturated rings. The first-order valence-electron chi connectivity index (χ1n) is 8.71. The minimum Gasteiger partial charge on any atom is -0.494 e. The molecule has 6 nitrogen and oxygen atoms in total. The number of nitrogens with zero attached hydrogens (tertiary/aromatic N) is 2. The van der Waals surface area contributed by atoms with E-state index in [4.69, 9.17) is 9.47 Å². The number of benzene rings is 2. The zero-order valence-electron chi connectivity index (χ0n) is 14.8. The monoisotopic (exact) mass is 362 g/mol. The summed E-state index contributed by atoms with van der Waals surface area (Å²) in [6.45, 7) is 0.657. The second kappa shape index (κ2) is 7.07. The normalized spacial score (nSPS) is 13.1. The van der Waals surface area contributed by atoms with Crippen LogP contribution in [0.2, 0.25) is 0 Å². The van der Waals surface area contributed by atoms with Crippen molar-refractivity contribution in [3.8, 4) is 11.6 Å². The molecule has 27 heavy (non-hydrogen) atoms. The summed E-state index contributed by atoms with van der Waals surface area (Å²) in [5.41, 5.74) is 1.66. The number of pyridine rings is 1. The number of ether oxygens (including phenoxy) is 2. The van der Waals surface area contributed by atoms with E-state index in [0.717, 1.165) is 10.9 Å². The molecule has 0 radical (unpaired) electrons. The fourth-order valence-corrected chi connectivity index (χ4v) is 3.19. The van der Waals surface area contributed by atoms with Gasteiger partial charge in [0.15, 0.2) is 0 Å². The van der Waals surface area contributed by atoms with Gasteiger partial charge < -0.3 is 9.47 Å². The van der Waals surface area contributed by atoms with Crippen molar-refractivity contribution in [1.82, 2.24) is 9.88 Å². The predicted octanol–water partition coefficient (Wildman–Crippen LogP) is 3.31. The van der Waals surface area contributed by atoms with Crippen molar-refractivity contribution in [1.29, 1.82) is 0 Å². The highest BCUT2D eigenvalue weighted by Crippen LogP contribution is 2.26. The van der Waals surface area contributed by atoms with Gasteiger partial charge in [-0.1, -0.05) is 24.3 Å². The Morgan fingerprint density at radius 3 is 2.37 bits per heavy atom. The van der Waals surface area contributed by atoms with Crippen molar-refractivity contribution in [3.05, 3.63) is 65.7 Å². The van der Waals surface area contributed by atoms with E-state index in [0.29, 0.717) is 42.3 Å². The highest BCUT2D eigenvalue weighted by Gasteiger charge is 2.34. The third-order valence-corrected chi connectivity index (χ3v) is 4.53. The summed E-state index contributed by atoms with van der Waals surface area (Å²) >= 11 is 0. The van der Waals surface area contributed by atoms with Crippen LogP contribution >= 0.6 is 0 Å². The van der Waals surface area contributed by atoms with E-state index in [2.05, 4.69) is 4.98 Å². The van der Waals surface area contributed by atoms with Crippen molar-refractivity contribution in [2.75, 3.05) is 20.3 Å². The van der Waals surface area contributed by atoms with E-state index in [1.165, 1.54) is 4.90 Å². The molecule has 3 aromatic rings. The fourth-order valence-electron chi connectivity index (χ4n) is 3.19. The number of hydrogen-bond acceptors (Lipinski definition) is 5. The zero-order valence-corrected chi connectivity index (χ0v) is 14.8. The quantitative estimate of drug-likeness (QED) is 0.497. The molecule has 2 aromatic carbocycles.